The third-order valence-corrected chi connectivity index (χ3v) is 6.25. The molecular formula is C23H25F3O5S. The quantitative estimate of drug-likeness (QED) is 0.401. The van der Waals surface area contributed by atoms with Gasteiger partial charge in [-0.05, 0) is 68.4 Å². The fraction of sp³-hybridized carbons (Fsp3) is 0.435. The lowest BCUT2D eigenvalue weighted by atomic mass is 9.85. The van der Waals surface area contributed by atoms with Gasteiger partial charge in [-0.25, -0.2) is 0 Å². The number of hydrogen-bond acceptors (Lipinski definition) is 5. The molecule has 9 heteroatoms. The molecule has 2 aromatic rings. The number of aryl methyl sites for hydroxylation is 1. The van der Waals surface area contributed by atoms with E-state index in [4.69, 9.17) is 4.74 Å². The average Bonchev–Trinajstić information content (AvgIpc) is 2.71. The molecule has 0 heterocycles. The molecule has 0 saturated carbocycles. The van der Waals surface area contributed by atoms with Crippen molar-refractivity contribution in [3.05, 3.63) is 64.7 Å². The van der Waals surface area contributed by atoms with E-state index in [2.05, 4.69) is 4.18 Å². The Morgan fingerprint density at radius 1 is 0.969 bits per heavy atom. The van der Waals surface area contributed by atoms with Gasteiger partial charge in [-0.3, -0.25) is 8.98 Å². The van der Waals surface area contributed by atoms with Gasteiger partial charge < -0.3 is 4.74 Å². The Hall–Kier alpha value is -2.39. The van der Waals surface area contributed by atoms with Crippen LogP contribution in [0.2, 0.25) is 0 Å². The minimum atomic E-state index is -5.73. The zero-order valence-electron chi connectivity index (χ0n) is 17.9. The number of ether oxygens (including phenoxy) is 1. The maximum Gasteiger partial charge on any atom is 0.523 e. The Morgan fingerprint density at radius 3 is 2.31 bits per heavy atom. The summed E-state index contributed by atoms with van der Waals surface area (Å²) in [5.74, 6) is 0.463. The molecule has 0 fully saturated rings. The minimum Gasteiger partial charge on any atom is -0.485 e. The molecule has 2 aromatic carbocycles. The average molecular weight is 471 g/mol. The molecular weight excluding hydrogens is 445 g/mol. The molecule has 0 aromatic heterocycles. The molecule has 1 aliphatic carbocycles. The summed E-state index contributed by atoms with van der Waals surface area (Å²) in [6.45, 7) is 2.08. The van der Waals surface area contributed by atoms with Crippen molar-refractivity contribution in [3.8, 4) is 5.75 Å². The second-order valence-corrected chi connectivity index (χ2v) is 9.96. The molecule has 1 aliphatic rings. The Morgan fingerprint density at radius 2 is 1.66 bits per heavy atom. The Bertz CT molecular complexity index is 1080. The molecule has 0 bridgehead atoms. The van der Waals surface area contributed by atoms with Crippen LogP contribution in [0.1, 0.15) is 53.7 Å². The first-order valence-corrected chi connectivity index (χ1v) is 11.7. The highest BCUT2D eigenvalue weighted by molar-refractivity contribution is 7.87. The fourth-order valence-electron chi connectivity index (χ4n) is 3.68. The van der Waals surface area contributed by atoms with Crippen LogP contribution in [0.15, 0.2) is 42.5 Å². The third-order valence-electron chi connectivity index (χ3n) is 5.26. The van der Waals surface area contributed by atoms with Crippen molar-refractivity contribution in [2.75, 3.05) is 6.61 Å². The number of halogens is 3. The van der Waals surface area contributed by atoms with Gasteiger partial charge in [0.05, 0.1) is 0 Å². The highest BCUT2D eigenvalue weighted by Gasteiger charge is 2.48. The molecule has 0 spiro atoms. The molecule has 0 amide bonds. The SMILES string of the molecule is CC(C)(COS(=O)(=O)C(F)(F)F)Oc1ccc2c(c1CCc1ccccc1)CCCC2=O. The standard InChI is InChI=1S/C23H25F3O5S/c1-22(2,15-30-32(28,29)23(24,25)26)31-21-14-13-18-17(9-6-10-20(18)27)19(21)12-11-16-7-4-3-5-8-16/h3-5,7-8,13-14H,6,9-12,15H2,1-2H3. The lowest BCUT2D eigenvalue weighted by Gasteiger charge is -2.29. The van der Waals surface area contributed by atoms with E-state index in [0.29, 0.717) is 43.4 Å². The normalized spacial score (nSPS) is 14.8. The minimum absolute atomic E-state index is 0.0534. The second-order valence-electron chi connectivity index (χ2n) is 8.35. The Kier molecular flexibility index (Phi) is 7.00. The molecule has 0 aliphatic heterocycles. The highest BCUT2D eigenvalue weighted by Crippen LogP contribution is 2.35. The first-order valence-electron chi connectivity index (χ1n) is 10.3. The summed E-state index contributed by atoms with van der Waals surface area (Å²) >= 11 is 0. The number of Topliss-reactive ketones (excluding diaryl/α,β-unsaturated/α-hetero) is 1. The zero-order chi connectivity index (χ0) is 23.6. The molecule has 174 valence electrons. The maximum absolute atomic E-state index is 12.6. The van der Waals surface area contributed by atoms with Crippen LogP contribution in [0.3, 0.4) is 0 Å². The molecule has 0 unspecified atom stereocenters. The number of ketones is 1. The predicted octanol–water partition coefficient (Wildman–Crippen LogP) is 5.01. The van der Waals surface area contributed by atoms with Crippen molar-refractivity contribution in [2.45, 2.75) is 57.1 Å². The van der Waals surface area contributed by atoms with Crippen LogP contribution >= 0.6 is 0 Å². The van der Waals surface area contributed by atoms with Crippen LogP contribution in [0, 0.1) is 0 Å². The summed E-state index contributed by atoms with van der Waals surface area (Å²) in [7, 11) is -5.73. The van der Waals surface area contributed by atoms with Crippen LogP contribution in [0.5, 0.6) is 5.75 Å². The highest BCUT2D eigenvalue weighted by atomic mass is 32.2. The van der Waals surface area contributed by atoms with Gasteiger partial charge in [0.15, 0.2) is 5.78 Å². The number of fused-ring (bicyclic) bond motifs is 1. The fourth-order valence-corrected chi connectivity index (χ4v) is 4.25. The van der Waals surface area contributed by atoms with Crippen molar-refractivity contribution in [3.63, 3.8) is 0 Å². The molecule has 0 N–H and O–H groups in total. The van der Waals surface area contributed by atoms with E-state index in [1.165, 1.54) is 13.8 Å². The van der Waals surface area contributed by atoms with Gasteiger partial charge in [-0.1, -0.05) is 30.3 Å². The summed E-state index contributed by atoms with van der Waals surface area (Å²) in [5, 5.41) is 0. The van der Waals surface area contributed by atoms with Gasteiger partial charge in [0.25, 0.3) is 0 Å². The van der Waals surface area contributed by atoms with Gasteiger partial charge in [0.2, 0.25) is 0 Å². The van der Waals surface area contributed by atoms with E-state index >= 15 is 0 Å². The lowest BCUT2D eigenvalue weighted by molar-refractivity contribution is -0.0585. The van der Waals surface area contributed by atoms with Gasteiger partial charge in [0, 0.05) is 12.0 Å². The van der Waals surface area contributed by atoms with Gasteiger partial charge in [-0.2, -0.15) is 21.6 Å². The van der Waals surface area contributed by atoms with E-state index in [-0.39, 0.29) is 5.78 Å². The van der Waals surface area contributed by atoms with Crippen LogP contribution in [0.25, 0.3) is 0 Å². The molecule has 0 saturated heterocycles. The number of rotatable bonds is 8. The van der Waals surface area contributed by atoms with Crippen molar-refractivity contribution in [2.24, 2.45) is 0 Å². The first kappa shape index (κ1) is 24.3. The summed E-state index contributed by atoms with van der Waals surface area (Å²) < 4.78 is 70.5. The van der Waals surface area contributed by atoms with Crippen LogP contribution < -0.4 is 4.74 Å². The van der Waals surface area contributed by atoms with E-state index < -0.39 is 27.8 Å². The summed E-state index contributed by atoms with van der Waals surface area (Å²) in [6, 6.07) is 13.0. The van der Waals surface area contributed by atoms with Crippen molar-refractivity contribution in [1.82, 2.24) is 0 Å². The zero-order valence-corrected chi connectivity index (χ0v) is 18.7. The molecule has 32 heavy (non-hydrogen) atoms. The van der Waals surface area contributed by atoms with Gasteiger partial charge in [0.1, 0.15) is 18.0 Å². The lowest BCUT2D eigenvalue weighted by Crippen LogP contribution is -2.38. The monoisotopic (exact) mass is 470 g/mol. The maximum atomic E-state index is 12.6. The van der Waals surface area contributed by atoms with Crippen LogP contribution in [0.4, 0.5) is 13.2 Å². The number of carbonyl (C=O) groups is 1. The van der Waals surface area contributed by atoms with Crippen molar-refractivity contribution in [1.29, 1.82) is 0 Å². The first-order chi connectivity index (χ1) is 14.9. The number of benzene rings is 2. The second kappa shape index (κ2) is 9.23. The van der Waals surface area contributed by atoms with E-state index in [9.17, 15) is 26.4 Å². The number of carbonyl (C=O) groups excluding carboxylic acids is 1. The van der Waals surface area contributed by atoms with E-state index in [1.807, 2.05) is 30.3 Å². The van der Waals surface area contributed by atoms with E-state index in [1.54, 1.807) is 12.1 Å². The van der Waals surface area contributed by atoms with Gasteiger partial charge in [-0.15, -0.1) is 0 Å². The van der Waals surface area contributed by atoms with Gasteiger partial charge >= 0.3 is 15.6 Å². The molecule has 5 nitrogen and oxygen atoms in total. The van der Waals surface area contributed by atoms with Crippen molar-refractivity contribution < 1.29 is 35.3 Å². The van der Waals surface area contributed by atoms with E-state index in [0.717, 1.165) is 16.7 Å². The topological polar surface area (TPSA) is 69.7 Å². The Balaban J connectivity index is 1.87. The molecule has 0 atom stereocenters. The van der Waals surface area contributed by atoms with Crippen LogP contribution in [-0.4, -0.2) is 31.9 Å². The van der Waals surface area contributed by atoms with Crippen LogP contribution in [-0.2, 0) is 33.6 Å². The molecule has 3 rings (SSSR count). The molecule has 0 radical (unpaired) electrons. The Labute approximate surface area is 185 Å². The predicted molar refractivity (Wildman–Crippen MR) is 113 cm³/mol. The number of alkyl halides is 3. The summed E-state index contributed by atoms with van der Waals surface area (Å²) in [5.41, 5.74) is -3.44. The smallest absolute Gasteiger partial charge is 0.485 e. The summed E-state index contributed by atoms with van der Waals surface area (Å²) in [4.78, 5) is 12.4. The number of hydrogen-bond donors (Lipinski definition) is 0. The largest absolute Gasteiger partial charge is 0.523 e. The summed E-state index contributed by atoms with van der Waals surface area (Å²) in [6.07, 6.45) is 3.13. The van der Waals surface area contributed by atoms with Crippen molar-refractivity contribution >= 4 is 15.9 Å². The third kappa shape index (κ3) is 5.69.